The fourth-order valence-corrected chi connectivity index (χ4v) is 3.72. The highest BCUT2D eigenvalue weighted by Crippen LogP contribution is 2.38. The number of ether oxygens (including phenoxy) is 1. The molecule has 26 heavy (non-hydrogen) atoms. The zero-order valence-electron chi connectivity index (χ0n) is 16.8. The molecule has 0 heterocycles. The van der Waals surface area contributed by atoms with Crippen molar-refractivity contribution in [2.75, 3.05) is 7.11 Å². The first-order chi connectivity index (χ1) is 12.6. The Morgan fingerprint density at radius 2 is 1.92 bits per heavy atom. The Morgan fingerprint density at radius 1 is 1.15 bits per heavy atom. The number of allylic oxidation sites excluding steroid dienone is 6. The molecule has 1 aliphatic rings. The van der Waals surface area contributed by atoms with Crippen molar-refractivity contribution in [3.63, 3.8) is 0 Å². The summed E-state index contributed by atoms with van der Waals surface area (Å²) >= 11 is 0. The molecule has 2 nitrogen and oxygen atoms in total. The highest BCUT2D eigenvalue weighted by atomic mass is 19.1. The third-order valence-corrected chi connectivity index (χ3v) is 5.43. The molecule has 1 rings (SSSR count). The van der Waals surface area contributed by atoms with Crippen LogP contribution in [0.4, 0.5) is 4.39 Å². The molecule has 0 amide bonds. The molecule has 0 aromatic rings. The van der Waals surface area contributed by atoms with Crippen molar-refractivity contribution in [2.24, 2.45) is 17.8 Å². The van der Waals surface area contributed by atoms with Crippen LogP contribution in [0.1, 0.15) is 71.6 Å². The van der Waals surface area contributed by atoms with Gasteiger partial charge in [0.2, 0.25) is 0 Å². The first-order valence-electron chi connectivity index (χ1n) is 10.3. The van der Waals surface area contributed by atoms with Gasteiger partial charge in [-0.25, -0.2) is 4.39 Å². The number of unbranched alkanes of at least 4 members (excludes halogenated alkanes) is 2. The van der Waals surface area contributed by atoms with Crippen LogP contribution >= 0.6 is 0 Å². The van der Waals surface area contributed by atoms with Gasteiger partial charge in [0.25, 0.3) is 0 Å². The van der Waals surface area contributed by atoms with Crippen LogP contribution < -0.4 is 0 Å². The van der Waals surface area contributed by atoms with Crippen LogP contribution in [0.25, 0.3) is 0 Å². The van der Waals surface area contributed by atoms with E-state index in [1.54, 1.807) is 0 Å². The van der Waals surface area contributed by atoms with Crippen molar-refractivity contribution in [3.8, 4) is 0 Å². The zero-order valence-corrected chi connectivity index (χ0v) is 16.8. The van der Waals surface area contributed by atoms with E-state index in [4.69, 9.17) is 4.74 Å². The average Bonchev–Trinajstić information content (AvgIpc) is 3.00. The third-order valence-electron chi connectivity index (χ3n) is 5.43. The van der Waals surface area contributed by atoms with E-state index in [9.17, 15) is 9.18 Å². The zero-order chi connectivity index (χ0) is 19.2. The number of carbonyl (C=O) groups excluding carboxylic acids is 1. The topological polar surface area (TPSA) is 26.3 Å². The van der Waals surface area contributed by atoms with Gasteiger partial charge in [0.15, 0.2) is 0 Å². The van der Waals surface area contributed by atoms with Crippen LogP contribution in [0.15, 0.2) is 36.5 Å². The second-order valence-electron chi connectivity index (χ2n) is 7.26. The second-order valence-corrected chi connectivity index (χ2v) is 7.26. The first-order valence-corrected chi connectivity index (χ1v) is 10.3. The molecule has 0 aromatic heterocycles. The maximum Gasteiger partial charge on any atom is 0.308 e. The van der Waals surface area contributed by atoms with Crippen molar-refractivity contribution in [3.05, 3.63) is 36.5 Å². The minimum Gasteiger partial charge on any atom is -0.469 e. The van der Waals surface area contributed by atoms with Gasteiger partial charge in [0.05, 0.1) is 13.0 Å². The summed E-state index contributed by atoms with van der Waals surface area (Å²) in [6.45, 7) is 4.05. The lowest BCUT2D eigenvalue weighted by molar-refractivity contribution is -0.145. The van der Waals surface area contributed by atoms with Gasteiger partial charge >= 0.3 is 5.97 Å². The summed E-state index contributed by atoms with van der Waals surface area (Å²) in [5.41, 5.74) is 0. The van der Waals surface area contributed by atoms with Gasteiger partial charge in [-0.05, 0) is 76.5 Å². The second kappa shape index (κ2) is 13.8. The van der Waals surface area contributed by atoms with Crippen LogP contribution in [-0.2, 0) is 9.53 Å². The van der Waals surface area contributed by atoms with Crippen LogP contribution in [0.2, 0.25) is 0 Å². The van der Waals surface area contributed by atoms with E-state index in [0.29, 0.717) is 12.3 Å². The van der Waals surface area contributed by atoms with Crippen LogP contribution in [0.3, 0.4) is 0 Å². The van der Waals surface area contributed by atoms with E-state index in [1.807, 2.05) is 13.8 Å². The van der Waals surface area contributed by atoms with Crippen LogP contribution in [-0.4, -0.2) is 19.3 Å². The summed E-state index contributed by atoms with van der Waals surface area (Å²) in [6.07, 6.45) is 20.6. The lowest BCUT2D eigenvalue weighted by atomic mass is 9.91. The Bertz CT molecular complexity index is 467. The smallest absolute Gasteiger partial charge is 0.308 e. The average molecular weight is 365 g/mol. The third kappa shape index (κ3) is 8.33. The molecule has 0 aliphatic heterocycles. The normalized spacial score (nSPS) is 24.8. The summed E-state index contributed by atoms with van der Waals surface area (Å²) in [5.74, 6) is 0.332. The van der Waals surface area contributed by atoms with Crippen molar-refractivity contribution < 1.29 is 13.9 Å². The number of carbonyl (C=O) groups is 1. The van der Waals surface area contributed by atoms with Gasteiger partial charge < -0.3 is 4.74 Å². The molecule has 1 fully saturated rings. The maximum atomic E-state index is 14.2. The summed E-state index contributed by atoms with van der Waals surface area (Å²) in [5, 5.41) is 0. The summed E-state index contributed by atoms with van der Waals surface area (Å²) in [6, 6.07) is 0. The molecular formula is C23H37FO2. The first kappa shape index (κ1) is 22.7. The van der Waals surface area contributed by atoms with Gasteiger partial charge in [0, 0.05) is 0 Å². The summed E-state index contributed by atoms with van der Waals surface area (Å²) in [4.78, 5) is 11.6. The number of rotatable bonds is 12. The van der Waals surface area contributed by atoms with Gasteiger partial charge in [0.1, 0.15) is 6.17 Å². The van der Waals surface area contributed by atoms with Crippen molar-refractivity contribution >= 4 is 5.97 Å². The molecule has 148 valence electrons. The van der Waals surface area contributed by atoms with Crippen molar-refractivity contribution in [1.29, 1.82) is 0 Å². The number of hydrogen-bond donors (Lipinski definition) is 0. The number of halogens is 1. The maximum absolute atomic E-state index is 14.2. The van der Waals surface area contributed by atoms with Gasteiger partial charge in [-0.3, -0.25) is 4.79 Å². The fraction of sp³-hybridized carbons (Fsp3) is 0.696. The summed E-state index contributed by atoms with van der Waals surface area (Å²) in [7, 11) is 1.44. The van der Waals surface area contributed by atoms with Gasteiger partial charge in [-0.2, -0.15) is 0 Å². The molecule has 0 aromatic carbocycles. The lowest BCUT2D eigenvalue weighted by Crippen LogP contribution is -2.15. The number of methoxy groups -OCH3 is 1. The van der Waals surface area contributed by atoms with E-state index in [-0.39, 0.29) is 17.8 Å². The Labute approximate surface area is 159 Å². The molecule has 0 spiro atoms. The Kier molecular flexibility index (Phi) is 12.0. The van der Waals surface area contributed by atoms with E-state index in [2.05, 4.69) is 36.5 Å². The molecule has 0 saturated heterocycles. The molecule has 3 heteroatoms. The van der Waals surface area contributed by atoms with E-state index < -0.39 is 6.17 Å². The highest BCUT2D eigenvalue weighted by molar-refractivity contribution is 5.72. The summed E-state index contributed by atoms with van der Waals surface area (Å²) < 4.78 is 19.0. The van der Waals surface area contributed by atoms with Crippen molar-refractivity contribution in [2.45, 2.75) is 77.8 Å². The van der Waals surface area contributed by atoms with Gasteiger partial charge in [-0.15, -0.1) is 0 Å². The predicted molar refractivity (Wildman–Crippen MR) is 108 cm³/mol. The van der Waals surface area contributed by atoms with E-state index in [0.717, 1.165) is 51.4 Å². The minimum absolute atomic E-state index is 0.0247. The SMILES string of the molecule is CC=CCCCC=C[C@H]1CCC(F)[C@@H]1CC=CCCC(CC)C(=O)OC. The molecule has 0 N–H and O–H groups in total. The van der Waals surface area contributed by atoms with Crippen LogP contribution in [0.5, 0.6) is 0 Å². The van der Waals surface area contributed by atoms with Crippen LogP contribution in [0, 0.1) is 17.8 Å². The monoisotopic (exact) mass is 364 g/mol. The molecule has 1 saturated carbocycles. The van der Waals surface area contributed by atoms with Gasteiger partial charge in [-0.1, -0.05) is 43.4 Å². The van der Waals surface area contributed by atoms with Crippen molar-refractivity contribution in [1.82, 2.24) is 0 Å². The van der Waals surface area contributed by atoms with E-state index >= 15 is 0 Å². The fourth-order valence-electron chi connectivity index (χ4n) is 3.72. The highest BCUT2D eigenvalue weighted by Gasteiger charge is 2.33. The Balaban J connectivity index is 2.35. The Morgan fingerprint density at radius 3 is 2.62 bits per heavy atom. The van der Waals surface area contributed by atoms with E-state index in [1.165, 1.54) is 7.11 Å². The lowest BCUT2D eigenvalue weighted by Gasteiger charge is -2.16. The quantitative estimate of drug-likeness (QED) is 0.222. The minimum atomic E-state index is -0.684. The predicted octanol–water partition coefficient (Wildman–Crippen LogP) is 6.58. The largest absolute Gasteiger partial charge is 0.469 e. The molecule has 1 aliphatic carbocycles. The number of esters is 1. The molecule has 2 unspecified atom stereocenters. The standard InChI is InChI=1S/C23H37FO2/c1-4-6-7-8-9-11-15-20-17-18-22(24)21(20)16-13-10-12-14-19(5-2)23(25)26-3/h4,6,10-11,13,15,19-22H,5,7-9,12,14,16-18H2,1-3H3/t19?,20-,21+,22?/m0/s1. The molecule has 0 bridgehead atoms. The number of hydrogen-bond acceptors (Lipinski definition) is 2. The molecule has 0 radical (unpaired) electrons. The molecule has 4 atom stereocenters. The molecular weight excluding hydrogens is 327 g/mol. The number of alkyl halides is 1. The Hall–Kier alpha value is -1.38.